The Labute approximate surface area is 130 Å². The molecule has 1 aromatic rings. The Morgan fingerprint density at radius 1 is 1.00 bits per heavy atom. The van der Waals surface area contributed by atoms with Crippen molar-refractivity contribution in [2.45, 2.75) is 33.7 Å². The minimum Gasteiger partial charge on any atom is -0.323 e. The molecule has 1 aliphatic rings. The molecule has 1 unspecified atom stereocenters. The van der Waals surface area contributed by atoms with Gasteiger partial charge in [-0.2, -0.15) is 0 Å². The number of aryl methyl sites for hydroxylation is 2. The normalized spacial score (nSPS) is 19.1. The first-order chi connectivity index (χ1) is 9.95. The van der Waals surface area contributed by atoms with Crippen LogP contribution in [0.5, 0.6) is 0 Å². The van der Waals surface area contributed by atoms with Crippen LogP contribution in [0.25, 0.3) is 0 Å². The molecule has 21 heavy (non-hydrogen) atoms. The highest BCUT2D eigenvalue weighted by atomic mass is 15.3. The van der Waals surface area contributed by atoms with E-state index < -0.39 is 0 Å². The number of hydrogen-bond donors (Lipinski definition) is 1. The molecule has 1 aliphatic heterocycles. The van der Waals surface area contributed by atoms with Crippen molar-refractivity contribution >= 4 is 0 Å². The Morgan fingerprint density at radius 3 is 2.14 bits per heavy atom. The number of nitrogens with two attached hydrogens (primary N) is 1. The lowest BCUT2D eigenvalue weighted by Gasteiger charge is -2.36. The van der Waals surface area contributed by atoms with Crippen molar-refractivity contribution in [1.82, 2.24) is 9.80 Å². The van der Waals surface area contributed by atoms with Crippen LogP contribution >= 0.6 is 0 Å². The van der Waals surface area contributed by atoms with Gasteiger partial charge in [-0.05, 0) is 30.9 Å². The number of hydrogen-bond acceptors (Lipinski definition) is 3. The average molecular weight is 289 g/mol. The van der Waals surface area contributed by atoms with Gasteiger partial charge >= 0.3 is 0 Å². The summed E-state index contributed by atoms with van der Waals surface area (Å²) in [6.07, 6.45) is 0. The fourth-order valence-electron chi connectivity index (χ4n) is 3.21. The largest absolute Gasteiger partial charge is 0.323 e. The smallest absolute Gasteiger partial charge is 0.0427 e. The molecule has 3 heteroatoms. The summed E-state index contributed by atoms with van der Waals surface area (Å²) < 4.78 is 0. The van der Waals surface area contributed by atoms with Crippen LogP contribution in [-0.2, 0) is 0 Å². The van der Waals surface area contributed by atoms with Crippen molar-refractivity contribution in [3.05, 3.63) is 34.9 Å². The summed E-state index contributed by atoms with van der Waals surface area (Å²) in [7, 11) is 0. The molecule has 1 atom stereocenters. The quantitative estimate of drug-likeness (QED) is 0.904. The van der Waals surface area contributed by atoms with E-state index in [1.807, 2.05) is 0 Å². The maximum Gasteiger partial charge on any atom is 0.0427 e. The van der Waals surface area contributed by atoms with Crippen LogP contribution in [0.2, 0.25) is 0 Å². The lowest BCUT2D eigenvalue weighted by molar-refractivity contribution is 0.117. The second-order valence-corrected chi connectivity index (χ2v) is 6.96. The van der Waals surface area contributed by atoms with Gasteiger partial charge in [-0.1, -0.05) is 37.6 Å². The highest BCUT2D eigenvalue weighted by molar-refractivity contribution is 5.33. The third-order valence-corrected chi connectivity index (χ3v) is 4.38. The minimum absolute atomic E-state index is 0.126. The minimum atomic E-state index is 0.126. The van der Waals surface area contributed by atoms with E-state index in [4.69, 9.17) is 5.73 Å². The summed E-state index contributed by atoms with van der Waals surface area (Å²) in [5.41, 5.74) is 10.4. The van der Waals surface area contributed by atoms with Gasteiger partial charge in [0.1, 0.15) is 0 Å². The lowest BCUT2D eigenvalue weighted by Crippen LogP contribution is -2.49. The maximum absolute atomic E-state index is 6.46. The molecule has 0 aliphatic carbocycles. The molecule has 0 saturated carbocycles. The van der Waals surface area contributed by atoms with E-state index in [1.54, 1.807) is 0 Å². The maximum atomic E-state index is 6.46. The first-order valence-electron chi connectivity index (χ1n) is 8.23. The van der Waals surface area contributed by atoms with Crippen molar-refractivity contribution in [2.75, 3.05) is 39.3 Å². The van der Waals surface area contributed by atoms with E-state index in [9.17, 15) is 0 Å². The summed E-state index contributed by atoms with van der Waals surface area (Å²) in [6.45, 7) is 15.7. The molecule has 3 nitrogen and oxygen atoms in total. The molecule has 0 spiro atoms. The zero-order valence-corrected chi connectivity index (χ0v) is 14.1. The fourth-order valence-corrected chi connectivity index (χ4v) is 3.21. The van der Waals surface area contributed by atoms with Crippen molar-refractivity contribution in [2.24, 2.45) is 11.7 Å². The van der Waals surface area contributed by atoms with Gasteiger partial charge in [-0.25, -0.2) is 0 Å². The average Bonchev–Trinajstić information content (AvgIpc) is 2.43. The zero-order valence-electron chi connectivity index (χ0n) is 14.1. The predicted molar refractivity (Wildman–Crippen MR) is 90.6 cm³/mol. The predicted octanol–water partition coefficient (Wildman–Crippen LogP) is 2.58. The van der Waals surface area contributed by atoms with Gasteiger partial charge in [-0.3, -0.25) is 4.90 Å². The van der Waals surface area contributed by atoms with Crippen LogP contribution < -0.4 is 5.73 Å². The van der Waals surface area contributed by atoms with E-state index in [2.05, 4.69) is 55.7 Å². The summed E-state index contributed by atoms with van der Waals surface area (Å²) in [5, 5.41) is 0. The number of rotatable bonds is 5. The molecule has 0 bridgehead atoms. The van der Waals surface area contributed by atoms with Crippen molar-refractivity contribution in [1.29, 1.82) is 0 Å². The topological polar surface area (TPSA) is 32.5 Å². The molecule has 1 aromatic carbocycles. The van der Waals surface area contributed by atoms with E-state index in [0.29, 0.717) is 0 Å². The molecule has 1 fully saturated rings. The highest BCUT2D eigenvalue weighted by Gasteiger charge is 2.20. The molecule has 1 heterocycles. The van der Waals surface area contributed by atoms with E-state index in [1.165, 1.54) is 36.3 Å². The van der Waals surface area contributed by atoms with Crippen LogP contribution in [0.1, 0.15) is 36.6 Å². The van der Waals surface area contributed by atoms with Crippen molar-refractivity contribution < 1.29 is 0 Å². The Kier molecular flexibility index (Phi) is 5.80. The molecule has 118 valence electrons. The molecule has 2 rings (SSSR count). The molecule has 2 N–H and O–H groups in total. The monoisotopic (exact) mass is 289 g/mol. The number of piperazine rings is 1. The summed E-state index contributed by atoms with van der Waals surface area (Å²) >= 11 is 0. The molecule has 0 radical (unpaired) electrons. The van der Waals surface area contributed by atoms with Gasteiger partial charge in [0.05, 0.1) is 0 Å². The third-order valence-electron chi connectivity index (χ3n) is 4.38. The molecule has 0 amide bonds. The van der Waals surface area contributed by atoms with Gasteiger partial charge in [-0.15, -0.1) is 0 Å². The molecule has 0 aromatic heterocycles. The van der Waals surface area contributed by atoms with Gasteiger partial charge in [0.25, 0.3) is 0 Å². The van der Waals surface area contributed by atoms with Gasteiger partial charge < -0.3 is 10.6 Å². The van der Waals surface area contributed by atoms with E-state index in [-0.39, 0.29) is 6.04 Å². The first kappa shape index (κ1) is 16.5. The standard InChI is InChI=1S/C18H31N3/c1-14(2)12-20-7-9-21(10-8-20)13-18(19)17-11-15(3)5-6-16(17)4/h5-6,11,14,18H,7-10,12-13,19H2,1-4H3. The first-order valence-corrected chi connectivity index (χ1v) is 8.23. The number of nitrogens with zero attached hydrogens (tertiary/aromatic N) is 2. The van der Waals surface area contributed by atoms with E-state index >= 15 is 0 Å². The lowest BCUT2D eigenvalue weighted by atomic mass is 9.99. The summed E-state index contributed by atoms with van der Waals surface area (Å²) in [5.74, 6) is 0.758. The van der Waals surface area contributed by atoms with Crippen LogP contribution in [0.4, 0.5) is 0 Å². The summed E-state index contributed by atoms with van der Waals surface area (Å²) in [6, 6.07) is 6.72. The van der Waals surface area contributed by atoms with Crippen LogP contribution in [0.15, 0.2) is 18.2 Å². The van der Waals surface area contributed by atoms with Crippen LogP contribution in [0.3, 0.4) is 0 Å². The van der Waals surface area contributed by atoms with E-state index in [0.717, 1.165) is 25.6 Å². The van der Waals surface area contributed by atoms with Crippen molar-refractivity contribution in [3.8, 4) is 0 Å². The Morgan fingerprint density at radius 2 is 1.57 bits per heavy atom. The second-order valence-electron chi connectivity index (χ2n) is 6.96. The molecular weight excluding hydrogens is 258 g/mol. The Balaban J connectivity index is 1.87. The zero-order chi connectivity index (χ0) is 15.4. The third kappa shape index (κ3) is 4.80. The van der Waals surface area contributed by atoms with Crippen LogP contribution in [0, 0.1) is 19.8 Å². The Hall–Kier alpha value is -0.900. The fraction of sp³-hybridized carbons (Fsp3) is 0.667. The van der Waals surface area contributed by atoms with Gasteiger partial charge in [0.2, 0.25) is 0 Å². The van der Waals surface area contributed by atoms with Gasteiger partial charge in [0, 0.05) is 45.3 Å². The number of benzene rings is 1. The molecular formula is C18H31N3. The second kappa shape index (κ2) is 7.39. The van der Waals surface area contributed by atoms with Gasteiger partial charge in [0.15, 0.2) is 0 Å². The Bertz CT molecular complexity index is 448. The molecule has 1 saturated heterocycles. The SMILES string of the molecule is Cc1ccc(C)c(C(N)CN2CCN(CC(C)C)CC2)c1. The van der Waals surface area contributed by atoms with Crippen molar-refractivity contribution in [3.63, 3.8) is 0 Å². The van der Waals surface area contributed by atoms with Crippen LogP contribution in [-0.4, -0.2) is 49.1 Å². The highest BCUT2D eigenvalue weighted by Crippen LogP contribution is 2.19. The summed E-state index contributed by atoms with van der Waals surface area (Å²) in [4.78, 5) is 5.09.